The van der Waals surface area contributed by atoms with Crippen LogP contribution in [0.1, 0.15) is 34.0 Å². The SMILES string of the molecule is CCOc1cc(/C=C(/C#N)C(=O)Nc2cccc(C(=O)O)c2)cc(Br)c1OCc1ccccc1C#N. The minimum absolute atomic E-state index is 0.00792. The van der Waals surface area contributed by atoms with Crippen LogP contribution in [0.5, 0.6) is 11.5 Å². The van der Waals surface area contributed by atoms with Crippen LogP contribution < -0.4 is 14.8 Å². The first kappa shape index (κ1) is 26.0. The zero-order valence-corrected chi connectivity index (χ0v) is 20.7. The highest BCUT2D eigenvalue weighted by Gasteiger charge is 2.16. The maximum Gasteiger partial charge on any atom is 0.335 e. The molecule has 0 spiro atoms. The first-order valence-corrected chi connectivity index (χ1v) is 11.5. The number of hydrogen-bond acceptors (Lipinski definition) is 6. The minimum Gasteiger partial charge on any atom is -0.490 e. The third-order valence-corrected chi connectivity index (χ3v) is 5.47. The van der Waals surface area contributed by atoms with Crippen molar-refractivity contribution in [2.75, 3.05) is 11.9 Å². The third-order valence-electron chi connectivity index (χ3n) is 4.88. The maximum absolute atomic E-state index is 12.7. The molecule has 0 unspecified atom stereocenters. The summed E-state index contributed by atoms with van der Waals surface area (Å²) in [5, 5.41) is 30.5. The second-order valence-electron chi connectivity index (χ2n) is 7.33. The van der Waals surface area contributed by atoms with Crippen molar-refractivity contribution in [3.8, 4) is 23.6 Å². The molecule has 2 N–H and O–H groups in total. The van der Waals surface area contributed by atoms with E-state index in [2.05, 4.69) is 27.3 Å². The number of carbonyl (C=O) groups excluding carboxylic acids is 1. The molecule has 0 radical (unpaired) electrons. The predicted octanol–water partition coefficient (Wildman–Crippen LogP) is 5.54. The van der Waals surface area contributed by atoms with Gasteiger partial charge in [0, 0.05) is 11.3 Å². The topological polar surface area (TPSA) is 132 Å². The molecule has 0 atom stereocenters. The molecule has 36 heavy (non-hydrogen) atoms. The lowest BCUT2D eigenvalue weighted by atomic mass is 10.1. The second kappa shape index (κ2) is 12.2. The Balaban J connectivity index is 1.86. The fourth-order valence-electron chi connectivity index (χ4n) is 3.22. The van der Waals surface area contributed by atoms with E-state index in [0.717, 1.165) is 0 Å². The van der Waals surface area contributed by atoms with E-state index in [1.54, 1.807) is 30.3 Å². The van der Waals surface area contributed by atoms with Crippen molar-refractivity contribution in [1.82, 2.24) is 0 Å². The number of aromatic carboxylic acids is 1. The number of nitrogens with zero attached hydrogens (tertiary/aromatic N) is 2. The van der Waals surface area contributed by atoms with Gasteiger partial charge in [-0.25, -0.2) is 4.79 Å². The average Bonchev–Trinajstić information content (AvgIpc) is 2.87. The quantitative estimate of drug-likeness (QED) is 0.266. The van der Waals surface area contributed by atoms with Crippen LogP contribution in [0.15, 0.2) is 70.7 Å². The molecule has 0 fully saturated rings. The molecule has 180 valence electrons. The summed E-state index contributed by atoms with van der Waals surface area (Å²) in [5.41, 5.74) is 1.79. The first-order valence-electron chi connectivity index (χ1n) is 10.7. The summed E-state index contributed by atoms with van der Waals surface area (Å²) in [6.45, 7) is 2.29. The number of amides is 1. The van der Waals surface area contributed by atoms with E-state index in [-0.39, 0.29) is 23.4 Å². The van der Waals surface area contributed by atoms with Crippen LogP contribution in [0, 0.1) is 22.7 Å². The van der Waals surface area contributed by atoms with Crippen LogP contribution >= 0.6 is 15.9 Å². The lowest BCUT2D eigenvalue weighted by Gasteiger charge is -2.15. The minimum atomic E-state index is -1.13. The maximum atomic E-state index is 12.7. The summed E-state index contributed by atoms with van der Waals surface area (Å²) in [4.78, 5) is 23.8. The van der Waals surface area contributed by atoms with E-state index in [0.29, 0.717) is 39.3 Å². The highest BCUT2D eigenvalue weighted by atomic mass is 79.9. The predicted molar refractivity (Wildman–Crippen MR) is 136 cm³/mol. The van der Waals surface area contributed by atoms with E-state index in [4.69, 9.17) is 14.6 Å². The van der Waals surface area contributed by atoms with Gasteiger partial charge in [0.2, 0.25) is 0 Å². The number of nitrogens with one attached hydrogen (secondary N) is 1. The van der Waals surface area contributed by atoms with Gasteiger partial charge in [0.15, 0.2) is 11.5 Å². The van der Waals surface area contributed by atoms with Gasteiger partial charge in [-0.3, -0.25) is 4.79 Å². The van der Waals surface area contributed by atoms with Crippen LogP contribution in [0.25, 0.3) is 6.08 Å². The Bertz CT molecular complexity index is 1420. The van der Waals surface area contributed by atoms with Crippen molar-refractivity contribution in [2.24, 2.45) is 0 Å². The summed E-state index contributed by atoms with van der Waals surface area (Å²) in [5.74, 6) is -1.02. The van der Waals surface area contributed by atoms with E-state index >= 15 is 0 Å². The van der Waals surface area contributed by atoms with Crippen molar-refractivity contribution in [3.63, 3.8) is 0 Å². The molecule has 0 heterocycles. The second-order valence-corrected chi connectivity index (χ2v) is 8.18. The average molecular weight is 546 g/mol. The molecule has 3 aromatic carbocycles. The van der Waals surface area contributed by atoms with Crippen LogP contribution in [0.3, 0.4) is 0 Å². The number of benzene rings is 3. The fourth-order valence-corrected chi connectivity index (χ4v) is 3.80. The van der Waals surface area contributed by atoms with E-state index in [1.165, 1.54) is 30.3 Å². The normalized spacial score (nSPS) is 10.6. The summed E-state index contributed by atoms with van der Waals surface area (Å²) >= 11 is 3.46. The largest absolute Gasteiger partial charge is 0.490 e. The van der Waals surface area contributed by atoms with Gasteiger partial charge in [-0.15, -0.1) is 0 Å². The lowest BCUT2D eigenvalue weighted by molar-refractivity contribution is -0.112. The van der Waals surface area contributed by atoms with Crippen molar-refractivity contribution in [1.29, 1.82) is 10.5 Å². The number of carboxylic acid groups (broad SMARTS) is 1. The highest BCUT2D eigenvalue weighted by Crippen LogP contribution is 2.38. The molecular weight excluding hydrogens is 526 g/mol. The zero-order chi connectivity index (χ0) is 26.1. The molecule has 0 saturated carbocycles. The number of halogens is 1. The number of anilines is 1. The molecule has 3 aromatic rings. The van der Waals surface area contributed by atoms with Crippen molar-refractivity contribution < 1.29 is 24.2 Å². The third kappa shape index (κ3) is 6.50. The number of hydrogen-bond donors (Lipinski definition) is 2. The van der Waals surface area contributed by atoms with E-state index in [1.807, 2.05) is 19.1 Å². The Kier molecular flexibility index (Phi) is 8.82. The van der Waals surface area contributed by atoms with Crippen LogP contribution in [0.4, 0.5) is 5.69 Å². The van der Waals surface area contributed by atoms with Crippen molar-refractivity contribution in [3.05, 3.63) is 93.0 Å². The number of nitriles is 2. The van der Waals surface area contributed by atoms with Crippen molar-refractivity contribution >= 4 is 39.6 Å². The Labute approximate surface area is 216 Å². The van der Waals surface area contributed by atoms with Crippen molar-refractivity contribution in [2.45, 2.75) is 13.5 Å². The summed E-state index contributed by atoms with van der Waals surface area (Å²) in [6.07, 6.45) is 1.39. The molecule has 0 aromatic heterocycles. The Morgan fingerprint density at radius 3 is 2.56 bits per heavy atom. The molecule has 0 aliphatic rings. The molecule has 0 bridgehead atoms. The van der Waals surface area contributed by atoms with Gasteiger partial charge in [0.25, 0.3) is 5.91 Å². The van der Waals surface area contributed by atoms with Gasteiger partial charge in [0.05, 0.1) is 28.3 Å². The fraction of sp³-hybridized carbons (Fsp3) is 0.111. The number of rotatable bonds is 9. The molecular formula is C27H20BrN3O5. The molecule has 9 heteroatoms. The van der Waals surface area contributed by atoms with Crippen LogP contribution in [-0.2, 0) is 11.4 Å². The van der Waals surface area contributed by atoms with Crippen LogP contribution in [0.2, 0.25) is 0 Å². The lowest BCUT2D eigenvalue weighted by Crippen LogP contribution is -2.14. The molecule has 8 nitrogen and oxygen atoms in total. The smallest absolute Gasteiger partial charge is 0.335 e. The number of carbonyl (C=O) groups is 2. The van der Waals surface area contributed by atoms with Gasteiger partial charge >= 0.3 is 5.97 Å². The molecule has 0 aliphatic carbocycles. The molecule has 0 saturated heterocycles. The van der Waals surface area contributed by atoms with Gasteiger partial charge in [-0.05, 0) is 70.9 Å². The molecule has 1 amide bonds. The van der Waals surface area contributed by atoms with Crippen LogP contribution in [-0.4, -0.2) is 23.6 Å². The van der Waals surface area contributed by atoms with Gasteiger partial charge in [0.1, 0.15) is 18.2 Å². The van der Waals surface area contributed by atoms with E-state index < -0.39 is 11.9 Å². The Morgan fingerprint density at radius 1 is 1.08 bits per heavy atom. The summed E-state index contributed by atoms with van der Waals surface area (Å²) in [6, 6.07) is 20.1. The number of carboxylic acids is 1. The highest BCUT2D eigenvalue weighted by molar-refractivity contribution is 9.10. The number of ether oxygens (including phenoxy) is 2. The van der Waals surface area contributed by atoms with Gasteiger partial charge in [-0.2, -0.15) is 10.5 Å². The van der Waals surface area contributed by atoms with Gasteiger partial charge in [-0.1, -0.05) is 24.3 Å². The first-order chi connectivity index (χ1) is 17.4. The Morgan fingerprint density at radius 2 is 1.86 bits per heavy atom. The van der Waals surface area contributed by atoms with Gasteiger partial charge < -0.3 is 19.9 Å². The summed E-state index contributed by atoms with van der Waals surface area (Å²) in [7, 11) is 0. The molecule has 0 aliphatic heterocycles. The standard InChI is InChI=1S/C27H20BrN3O5/c1-2-35-24-12-17(11-23(28)25(24)36-16-20-7-4-3-6-19(20)14-29)10-21(15-30)26(32)31-22-9-5-8-18(13-22)27(33)34/h3-13H,2,16H2,1H3,(H,31,32)(H,33,34)/b21-10-. The summed E-state index contributed by atoms with van der Waals surface area (Å²) < 4.78 is 12.2. The monoisotopic (exact) mass is 545 g/mol. The molecule has 3 rings (SSSR count). The van der Waals surface area contributed by atoms with E-state index in [9.17, 15) is 20.1 Å². The Hall–Kier alpha value is -4.60. The zero-order valence-electron chi connectivity index (χ0n) is 19.1.